The van der Waals surface area contributed by atoms with Gasteiger partial charge in [-0.15, -0.1) is 0 Å². The molecule has 0 radical (unpaired) electrons. The maximum Gasteiger partial charge on any atom is 0.0725 e. The topological polar surface area (TPSA) is 12.0 Å². The van der Waals surface area contributed by atoms with Crippen LogP contribution in [0.1, 0.15) is 61.6 Å². The Bertz CT molecular complexity index is 763. The van der Waals surface area contributed by atoms with Crippen molar-refractivity contribution < 1.29 is 0 Å². The fourth-order valence-electron chi connectivity index (χ4n) is 6.41. The molecule has 2 aliphatic carbocycles. The highest BCUT2D eigenvalue weighted by molar-refractivity contribution is 5.71. The maximum absolute atomic E-state index is 4.12. The largest absolute Gasteiger partial charge is 0.374 e. The molecular formula is C23H27N. The van der Waals surface area contributed by atoms with Crippen molar-refractivity contribution >= 4 is 5.69 Å². The second kappa shape index (κ2) is 5.12. The molecule has 0 aromatic heterocycles. The van der Waals surface area contributed by atoms with Gasteiger partial charge in [-0.25, -0.2) is 0 Å². The zero-order valence-corrected chi connectivity index (χ0v) is 14.6. The van der Waals surface area contributed by atoms with Gasteiger partial charge in [0.2, 0.25) is 0 Å². The van der Waals surface area contributed by atoms with Crippen molar-refractivity contribution in [2.75, 3.05) is 5.32 Å². The third-order valence-corrected chi connectivity index (χ3v) is 7.29. The first-order chi connectivity index (χ1) is 11.8. The van der Waals surface area contributed by atoms with Crippen LogP contribution in [0, 0.1) is 12.8 Å². The van der Waals surface area contributed by atoms with E-state index in [0.717, 1.165) is 5.92 Å². The molecular weight excluding hydrogens is 290 g/mol. The third-order valence-electron chi connectivity index (χ3n) is 7.29. The molecule has 2 fully saturated rings. The van der Waals surface area contributed by atoms with Crippen LogP contribution < -0.4 is 5.32 Å². The van der Waals surface area contributed by atoms with Gasteiger partial charge in [0.1, 0.15) is 0 Å². The zero-order valence-electron chi connectivity index (χ0n) is 14.6. The zero-order chi connectivity index (χ0) is 16.2. The Hall–Kier alpha value is -1.76. The van der Waals surface area contributed by atoms with Crippen LogP contribution in [0.15, 0.2) is 48.5 Å². The van der Waals surface area contributed by atoms with Gasteiger partial charge in [-0.05, 0) is 55.2 Å². The molecule has 1 nitrogen and oxygen atoms in total. The second-order valence-corrected chi connectivity index (χ2v) is 8.20. The van der Waals surface area contributed by atoms with Crippen LogP contribution in [0.2, 0.25) is 0 Å². The van der Waals surface area contributed by atoms with Gasteiger partial charge in [0.25, 0.3) is 0 Å². The molecule has 1 spiro atoms. The lowest BCUT2D eigenvalue weighted by Gasteiger charge is -2.57. The quantitative estimate of drug-likeness (QED) is 0.687. The van der Waals surface area contributed by atoms with E-state index in [4.69, 9.17) is 0 Å². The molecule has 0 saturated heterocycles. The summed E-state index contributed by atoms with van der Waals surface area (Å²) in [6.45, 7) is 2.27. The average molecular weight is 317 g/mol. The Labute approximate surface area is 145 Å². The van der Waals surface area contributed by atoms with E-state index in [0.29, 0.717) is 5.41 Å². The summed E-state index contributed by atoms with van der Waals surface area (Å²) in [7, 11) is 0. The lowest BCUT2D eigenvalue weighted by molar-refractivity contribution is 0.0565. The van der Waals surface area contributed by atoms with Gasteiger partial charge in [-0.3, -0.25) is 0 Å². The number of hydrogen-bond donors (Lipinski definition) is 1. The molecule has 3 aliphatic rings. The number of nitrogens with one attached hydrogen (secondary N) is 1. The molecule has 1 heterocycles. The molecule has 24 heavy (non-hydrogen) atoms. The molecule has 124 valence electrons. The van der Waals surface area contributed by atoms with Crippen molar-refractivity contribution in [2.45, 2.75) is 62.8 Å². The van der Waals surface area contributed by atoms with Crippen molar-refractivity contribution in [3.8, 4) is 0 Å². The van der Waals surface area contributed by atoms with E-state index < -0.39 is 0 Å². The fourth-order valence-corrected chi connectivity index (χ4v) is 6.41. The predicted molar refractivity (Wildman–Crippen MR) is 100 cm³/mol. The van der Waals surface area contributed by atoms with Crippen LogP contribution in [-0.2, 0) is 11.0 Å². The minimum Gasteiger partial charge on any atom is -0.374 e. The Balaban J connectivity index is 1.81. The molecule has 5 rings (SSSR count). The number of anilines is 1. The first-order valence-electron chi connectivity index (χ1n) is 9.72. The molecule has 1 N–H and O–H groups in total. The molecule has 1 aliphatic heterocycles. The van der Waals surface area contributed by atoms with Gasteiger partial charge in [0.05, 0.1) is 5.54 Å². The molecule has 0 unspecified atom stereocenters. The Morgan fingerprint density at radius 3 is 2.58 bits per heavy atom. The number of benzene rings is 2. The van der Waals surface area contributed by atoms with Crippen LogP contribution in [0.3, 0.4) is 0 Å². The van der Waals surface area contributed by atoms with Gasteiger partial charge in [0, 0.05) is 11.1 Å². The highest BCUT2D eigenvalue weighted by Crippen LogP contribution is 2.66. The van der Waals surface area contributed by atoms with Gasteiger partial charge in [0.15, 0.2) is 0 Å². The van der Waals surface area contributed by atoms with Crippen LogP contribution in [0.5, 0.6) is 0 Å². The van der Waals surface area contributed by atoms with E-state index in [2.05, 4.69) is 60.8 Å². The fraction of sp³-hybridized carbons (Fsp3) is 0.478. The molecule has 1 heteroatoms. The molecule has 2 aromatic rings. The summed E-state index contributed by atoms with van der Waals surface area (Å²) in [6.07, 6.45) is 9.56. The smallest absolute Gasteiger partial charge is 0.0725 e. The molecule has 2 saturated carbocycles. The standard InChI is InChI=1S/C23H27N/c1-17-9-7-14-20-21(17)24-23(19-11-3-2-4-12-19)16-8-13-18-10-5-6-15-22(18,20)23/h2-4,7,9,11-12,14,18,24H,5-6,8,10,13,15-16H2,1H3/t18-,22-,23-/m1/s1. The summed E-state index contributed by atoms with van der Waals surface area (Å²) in [5.41, 5.74) is 6.38. The normalized spacial score (nSPS) is 34.0. The number of aryl methyl sites for hydroxylation is 1. The molecule has 0 bridgehead atoms. The lowest BCUT2D eigenvalue weighted by Crippen LogP contribution is -2.57. The third kappa shape index (κ3) is 1.66. The summed E-state index contributed by atoms with van der Waals surface area (Å²) < 4.78 is 0. The van der Waals surface area contributed by atoms with Crippen LogP contribution in [0.25, 0.3) is 0 Å². The van der Waals surface area contributed by atoms with Crippen LogP contribution >= 0.6 is 0 Å². The van der Waals surface area contributed by atoms with Crippen molar-refractivity contribution in [1.82, 2.24) is 0 Å². The van der Waals surface area contributed by atoms with Crippen molar-refractivity contribution in [1.29, 1.82) is 0 Å². The van der Waals surface area contributed by atoms with E-state index in [-0.39, 0.29) is 5.54 Å². The predicted octanol–water partition coefficient (Wildman–Crippen LogP) is 5.93. The van der Waals surface area contributed by atoms with Crippen LogP contribution in [0.4, 0.5) is 5.69 Å². The molecule has 3 atom stereocenters. The highest BCUT2D eigenvalue weighted by atomic mass is 15.1. The molecule has 0 amide bonds. The summed E-state index contributed by atoms with van der Waals surface area (Å²) >= 11 is 0. The summed E-state index contributed by atoms with van der Waals surface area (Å²) in [6, 6.07) is 18.3. The van der Waals surface area contributed by atoms with Crippen molar-refractivity contribution in [3.63, 3.8) is 0 Å². The second-order valence-electron chi connectivity index (χ2n) is 8.20. The minimum absolute atomic E-state index is 0.103. The van der Waals surface area contributed by atoms with E-state index in [1.165, 1.54) is 61.8 Å². The molecule has 2 aromatic carbocycles. The SMILES string of the molecule is Cc1cccc2c1N[C@@]1(c3ccccc3)CCC[C@H]3CCCC[C@]231. The van der Waals surface area contributed by atoms with E-state index in [1.54, 1.807) is 5.56 Å². The van der Waals surface area contributed by atoms with E-state index in [9.17, 15) is 0 Å². The minimum atomic E-state index is 0.103. The highest BCUT2D eigenvalue weighted by Gasteiger charge is 2.63. The first-order valence-corrected chi connectivity index (χ1v) is 9.72. The van der Waals surface area contributed by atoms with E-state index >= 15 is 0 Å². The Morgan fingerprint density at radius 1 is 0.875 bits per heavy atom. The van der Waals surface area contributed by atoms with Gasteiger partial charge in [-0.1, -0.05) is 67.8 Å². The van der Waals surface area contributed by atoms with Crippen molar-refractivity contribution in [2.24, 2.45) is 5.92 Å². The first kappa shape index (κ1) is 14.6. The monoisotopic (exact) mass is 317 g/mol. The van der Waals surface area contributed by atoms with Gasteiger partial charge < -0.3 is 5.32 Å². The van der Waals surface area contributed by atoms with E-state index in [1.807, 2.05) is 0 Å². The summed E-state index contributed by atoms with van der Waals surface area (Å²) in [5, 5.41) is 4.12. The lowest BCUT2D eigenvalue weighted by atomic mass is 9.48. The average Bonchev–Trinajstić information content (AvgIpc) is 2.94. The number of rotatable bonds is 1. The number of para-hydroxylation sites is 1. The Kier molecular flexibility index (Phi) is 3.11. The Morgan fingerprint density at radius 2 is 1.71 bits per heavy atom. The number of fused-ring (bicyclic) bond motifs is 1. The van der Waals surface area contributed by atoms with Gasteiger partial charge in [-0.2, -0.15) is 0 Å². The van der Waals surface area contributed by atoms with Gasteiger partial charge >= 0.3 is 0 Å². The number of hydrogen-bond acceptors (Lipinski definition) is 1. The summed E-state index contributed by atoms with van der Waals surface area (Å²) in [5.74, 6) is 0.829. The van der Waals surface area contributed by atoms with Crippen LogP contribution in [-0.4, -0.2) is 0 Å². The maximum atomic E-state index is 4.12. The van der Waals surface area contributed by atoms with Crippen molar-refractivity contribution in [3.05, 3.63) is 65.2 Å². The summed E-state index contributed by atoms with van der Waals surface area (Å²) in [4.78, 5) is 0.